The fourth-order valence-corrected chi connectivity index (χ4v) is 2.90. The van der Waals surface area contributed by atoms with E-state index in [0.29, 0.717) is 5.56 Å². The molecule has 0 radical (unpaired) electrons. The van der Waals surface area contributed by atoms with Crippen LogP contribution in [0.4, 0.5) is 4.39 Å². The number of nitrogens with zero attached hydrogens (tertiary/aromatic N) is 1. The summed E-state index contributed by atoms with van der Waals surface area (Å²) in [4.78, 5) is 11.3. The van der Waals surface area contributed by atoms with E-state index in [1.165, 1.54) is 29.7 Å². The maximum Gasteiger partial charge on any atom is 0.250 e. The molecule has 5 nitrogen and oxygen atoms in total. The minimum absolute atomic E-state index is 0.00576. The van der Waals surface area contributed by atoms with Crippen LogP contribution in [0.3, 0.4) is 0 Å². The summed E-state index contributed by atoms with van der Waals surface area (Å²) in [6.07, 6.45) is 1.56. The number of hydrogen-bond acceptors (Lipinski definition) is 3. The molecule has 0 aliphatic heterocycles. The van der Waals surface area contributed by atoms with Crippen LogP contribution in [0, 0.1) is 12.7 Å². The first-order chi connectivity index (χ1) is 9.79. The lowest BCUT2D eigenvalue weighted by atomic mass is 10.2. The van der Waals surface area contributed by atoms with Crippen LogP contribution in [0.1, 0.15) is 11.1 Å². The van der Waals surface area contributed by atoms with Crippen molar-refractivity contribution in [3.63, 3.8) is 0 Å². The van der Waals surface area contributed by atoms with Gasteiger partial charge in [-0.15, -0.1) is 0 Å². The summed E-state index contributed by atoms with van der Waals surface area (Å²) >= 11 is 0. The summed E-state index contributed by atoms with van der Waals surface area (Å²) < 4.78 is 41.2. The first kappa shape index (κ1) is 15.4. The maximum absolute atomic E-state index is 13.2. The van der Waals surface area contributed by atoms with Gasteiger partial charge >= 0.3 is 0 Å². The number of sulfonamides is 1. The van der Waals surface area contributed by atoms with Gasteiger partial charge in [0.2, 0.25) is 15.6 Å². The summed E-state index contributed by atoms with van der Waals surface area (Å²) in [5.41, 5.74) is 0.746. The predicted octanol–water partition coefficient (Wildman–Crippen LogP) is 1.31. The van der Waals surface area contributed by atoms with Crippen molar-refractivity contribution in [1.82, 2.24) is 9.29 Å². The third kappa shape index (κ3) is 3.56. The average molecular weight is 310 g/mol. The summed E-state index contributed by atoms with van der Waals surface area (Å²) in [7, 11) is -2.14. The highest BCUT2D eigenvalue weighted by Gasteiger charge is 2.15. The van der Waals surface area contributed by atoms with E-state index in [2.05, 4.69) is 4.72 Å². The molecule has 0 saturated carbocycles. The minimum atomic E-state index is -3.72. The lowest BCUT2D eigenvalue weighted by Crippen LogP contribution is -2.24. The summed E-state index contributed by atoms with van der Waals surface area (Å²) in [5, 5.41) is 0. The molecule has 0 atom stereocenters. The molecule has 0 fully saturated rings. The van der Waals surface area contributed by atoms with E-state index >= 15 is 0 Å². The monoisotopic (exact) mass is 310 g/mol. The fourth-order valence-electron chi connectivity index (χ4n) is 1.80. The Balaban J connectivity index is 2.19. The number of hydrogen-bond donors (Lipinski definition) is 1. The van der Waals surface area contributed by atoms with E-state index in [4.69, 9.17) is 0 Å². The lowest BCUT2D eigenvalue weighted by Gasteiger charge is -2.08. The summed E-state index contributed by atoms with van der Waals surface area (Å²) in [6, 6.07) is 6.53. The number of aromatic nitrogens is 1. The van der Waals surface area contributed by atoms with Crippen molar-refractivity contribution < 1.29 is 12.8 Å². The fraction of sp³-hybridized carbons (Fsp3) is 0.214. The largest absolute Gasteiger partial charge is 0.318 e. The quantitative estimate of drug-likeness (QED) is 0.926. The van der Waals surface area contributed by atoms with Gasteiger partial charge in [-0.2, -0.15) is 0 Å². The Hall–Kier alpha value is -1.99. The molecule has 2 aromatic rings. The Labute approximate surface area is 122 Å². The number of rotatable bonds is 4. The maximum atomic E-state index is 13.2. The van der Waals surface area contributed by atoms with E-state index in [0.717, 1.165) is 6.07 Å². The van der Waals surface area contributed by atoms with Crippen molar-refractivity contribution in [2.45, 2.75) is 18.4 Å². The smallest absolute Gasteiger partial charge is 0.250 e. The normalized spacial score (nSPS) is 11.6. The Morgan fingerprint density at radius 1 is 1.24 bits per heavy atom. The van der Waals surface area contributed by atoms with Crippen LogP contribution in [0.5, 0.6) is 0 Å². The first-order valence-electron chi connectivity index (χ1n) is 6.21. The highest BCUT2D eigenvalue weighted by Crippen LogP contribution is 2.14. The second kappa shape index (κ2) is 5.79. The SMILES string of the molecule is Cc1cc(S(=O)(=O)NCc2ccc(=O)n(C)c2)ccc1F. The van der Waals surface area contributed by atoms with Gasteiger partial charge in [-0.25, -0.2) is 17.5 Å². The van der Waals surface area contributed by atoms with Crippen LogP contribution < -0.4 is 10.3 Å². The zero-order valence-electron chi connectivity index (χ0n) is 11.6. The van der Waals surface area contributed by atoms with Gasteiger partial charge in [-0.1, -0.05) is 6.07 Å². The van der Waals surface area contributed by atoms with Gasteiger partial charge in [0.15, 0.2) is 0 Å². The molecule has 0 amide bonds. The summed E-state index contributed by atoms with van der Waals surface area (Å²) in [5.74, 6) is -0.452. The van der Waals surface area contributed by atoms with Crippen LogP contribution >= 0.6 is 0 Å². The molecule has 1 aromatic heterocycles. The van der Waals surface area contributed by atoms with Crippen molar-refractivity contribution in [3.05, 3.63) is 63.8 Å². The van der Waals surface area contributed by atoms with Gasteiger partial charge in [0.05, 0.1) is 4.90 Å². The zero-order chi connectivity index (χ0) is 15.6. The van der Waals surface area contributed by atoms with Gasteiger partial charge in [-0.05, 0) is 36.2 Å². The molecule has 1 heterocycles. The number of aryl methyl sites for hydroxylation is 2. The van der Waals surface area contributed by atoms with Gasteiger partial charge in [-0.3, -0.25) is 4.79 Å². The second-order valence-electron chi connectivity index (χ2n) is 4.72. The molecule has 0 saturated heterocycles. The van der Waals surface area contributed by atoms with Crippen molar-refractivity contribution in [3.8, 4) is 0 Å². The molecule has 21 heavy (non-hydrogen) atoms. The highest BCUT2D eigenvalue weighted by molar-refractivity contribution is 7.89. The molecule has 0 aliphatic rings. The number of pyridine rings is 1. The van der Waals surface area contributed by atoms with E-state index in [1.807, 2.05) is 0 Å². The molecular formula is C14H15FN2O3S. The second-order valence-corrected chi connectivity index (χ2v) is 6.49. The highest BCUT2D eigenvalue weighted by atomic mass is 32.2. The number of nitrogens with one attached hydrogen (secondary N) is 1. The molecule has 2 rings (SSSR count). The molecule has 7 heteroatoms. The third-order valence-corrected chi connectivity index (χ3v) is 4.45. The van der Waals surface area contributed by atoms with Crippen LogP contribution in [0.2, 0.25) is 0 Å². The predicted molar refractivity (Wildman–Crippen MR) is 76.8 cm³/mol. The van der Waals surface area contributed by atoms with Crippen LogP contribution in [-0.2, 0) is 23.6 Å². The van der Waals surface area contributed by atoms with E-state index in [9.17, 15) is 17.6 Å². The molecular weight excluding hydrogens is 295 g/mol. The van der Waals surface area contributed by atoms with Crippen LogP contribution in [0.15, 0.2) is 46.2 Å². The molecule has 1 aromatic carbocycles. The topological polar surface area (TPSA) is 68.2 Å². The van der Waals surface area contributed by atoms with Gasteiger partial charge in [0.25, 0.3) is 0 Å². The lowest BCUT2D eigenvalue weighted by molar-refractivity contribution is 0.579. The molecule has 112 valence electrons. The van der Waals surface area contributed by atoms with Crippen molar-refractivity contribution in [2.24, 2.45) is 7.05 Å². The van der Waals surface area contributed by atoms with Crippen LogP contribution in [-0.4, -0.2) is 13.0 Å². The van der Waals surface area contributed by atoms with E-state index in [1.54, 1.807) is 19.3 Å². The van der Waals surface area contributed by atoms with E-state index < -0.39 is 15.8 Å². The molecule has 0 bridgehead atoms. The van der Waals surface area contributed by atoms with Crippen molar-refractivity contribution in [2.75, 3.05) is 0 Å². The molecule has 0 unspecified atom stereocenters. The van der Waals surface area contributed by atoms with Gasteiger partial charge < -0.3 is 4.57 Å². The van der Waals surface area contributed by atoms with Crippen molar-refractivity contribution in [1.29, 1.82) is 0 Å². The van der Waals surface area contributed by atoms with Crippen LogP contribution in [0.25, 0.3) is 0 Å². The number of halogens is 1. The van der Waals surface area contributed by atoms with Crippen molar-refractivity contribution >= 4 is 10.0 Å². The number of benzene rings is 1. The average Bonchev–Trinajstić information content (AvgIpc) is 2.43. The van der Waals surface area contributed by atoms with Gasteiger partial charge in [0.1, 0.15) is 5.82 Å². The molecule has 1 N–H and O–H groups in total. The summed E-state index contributed by atoms with van der Waals surface area (Å²) in [6.45, 7) is 1.55. The Morgan fingerprint density at radius 2 is 1.95 bits per heavy atom. The third-order valence-electron chi connectivity index (χ3n) is 3.05. The van der Waals surface area contributed by atoms with E-state index in [-0.39, 0.29) is 22.6 Å². The Kier molecular flexibility index (Phi) is 4.24. The Bertz CT molecular complexity index is 828. The molecule has 0 aliphatic carbocycles. The minimum Gasteiger partial charge on any atom is -0.318 e. The zero-order valence-corrected chi connectivity index (χ0v) is 12.4. The first-order valence-corrected chi connectivity index (χ1v) is 7.69. The molecule has 0 spiro atoms. The Morgan fingerprint density at radius 3 is 2.57 bits per heavy atom. The standard InChI is InChI=1S/C14H15FN2O3S/c1-10-7-12(4-5-13(10)15)21(19,20)16-8-11-3-6-14(18)17(2)9-11/h3-7,9,16H,8H2,1-2H3. The van der Waals surface area contributed by atoms with Gasteiger partial charge in [0, 0.05) is 25.9 Å².